The van der Waals surface area contributed by atoms with E-state index in [9.17, 15) is 5.11 Å². The van der Waals surface area contributed by atoms with Crippen molar-refractivity contribution in [3.8, 4) is 0 Å². The SMILES string of the molecule is CC(O)CN(Cc1cnn(C(C)(C)C)c1)C(C)C. The van der Waals surface area contributed by atoms with Crippen molar-refractivity contribution < 1.29 is 5.11 Å². The number of nitrogens with zero attached hydrogens (tertiary/aromatic N) is 3. The molecule has 104 valence electrons. The third-order valence-corrected chi connectivity index (χ3v) is 2.94. The molecule has 0 aliphatic heterocycles. The average molecular weight is 253 g/mol. The maximum Gasteiger partial charge on any atom is 0.0639 e. The van der Waals surface area contributed by atoms with Crippen molar-refractivity contribution in [2.75, 3.05) is 6.54 Å². The normalized spacial score (nSPS) is 14.5. The molecule has 1 unspecified atom stereocenters. The van der Waals surface area contributed by atoms with Crippen LogP contribution in [-0.4, -0.2) is 38.5 Å². The average Bonchev–Trinajstić information content (AvgIpc) is 2.63. The van der Waals surface area contributed by atoms with E-state index in [-0.39, 0.29) is 11.6 Å². The Morgan fingerprint density at radius 1 is 1.33 bits per heavy atom. The number of aliphatic hydroxyl groups is 1. The minimum atomic E-state index is -0.301. The van der Waals surface area contributed by atoms with E-state index >= 15 is 0 Å². The summed E-state index contributed by atoms with van der Waals surface area (Å²) in [7, 11) is 0. The van der Waals surface area contributed by atoms with E-state index in [0.29, 0.717) is 12.6 Å². The van der Waals surface area contributed by atoms with Gasteiger partial charge in [-0.1, -0.05) is 0 Å². The van der Waals surface area contributed by atoms with Crippen LogP contribution < -0.4 is 0 Å². The number of aromatic nitrogens is 2. The molecule has 0 radical (unpaired) electrons. The van der Waals surface area contributed by atoms with Crippen molar-refractivity contribution in [2.45, 2.75) is 65.8 Å². The Balaban J connectivity index is 2.73. The summed E-state index contributed by atoms with van der Waals surface area (Å²) in [6.45, 7) is 14.1. The molecule has 1 heterocycles. The van der Waals surface area contributed by atoms with Gasteiger partial charge in [-0.05, 0) is 41.5 Å². The van der Waals surface area contributed by atoms with Gasteiger partial charge in [0.2, 0.25) is 0 Å². The van der Waals surface area contributed by atoms with Crippen LogP contribution in [0.5, 0.6) is 0 Å². The molecular formula is C14H27N3O. The van der Waals surface area contributed by atoms with E-state index in [1.165, 1.54) is 5.56 Å². The lowest BCUT2D eigenvalue weighted by atomic mass is 10.1. The summed E-state index contributed by atoms with van der Waals surface area (Å²) in [4.78, 5) is 2.26. The monoisotopic (exact) mass is 253 g/mol. The first-order chi connectivity index (χ1) is 8.20. The molecule has 18 heavy (non-hydrogen) atoms. The number of aliphatic hydroxyl groups excluding tert-OH is 1. The van der Waals surface area contributed by atoms with Gasteiger partial charge in [-0.2, -0.15) is 5.10 Å². The smallest absolute Gasteiger partial charge is 0.0639 e. The van der Waals surface area contributed by atoms with Crippen molar-refractivity contribution >= 4 is 0 Å². The Labute approximate surface area is 111 Å². The fourth-order valence-electron chi connectivity index (χ4n) is 1.84. The standard InChI is InChI=1S/C14H27N3O/c1-11(2)16(8-12(3)18)9-13-7-15-17(10-13)14(4,5)6/h7,10-12,18H,8-9H2,1-6H3. The van der Waals surface area contributed by atoms with Gasteiger partial charge < -0.3 is 5.11 Å². The van der Waals surface area contributed by atoms with Crippen molar-refractivity contribution in [3.05, 3.63) is 18.0 Å². The molecule has 1 aromatic heterocycles. The Bertz CT molecular complexity index is 363. The third-order valence-electron chi connectivity index (χ3n) is 2.94. The van der Waals surface area contributed by atoms with Crippen LogP contribution in [-0.2, 0) is 12.1 Å². The molecule has 0 saturated heterocycles. The fourth-order valence-corrected chi connectivity index (χ4v) is 1.84. The van der Waals surface area contributed by atoms with Crippen molar-refractivity contribution in [1.29, 1.82) is 0 Å². The van der Waals surface area contributed by atoms with Gasteiger partial charge in [0.05, 0.1) is 17.8 Å². The van der Waals surface area contributed by atoms with Gasteiger partial charge in [-0.15, -0.1) is 0 Å². The summed E-state index contributed by atoms with van der Waals surface area (Å²) in [5, 5.41) is 13.9. The second-order valence-electron chi connectivity index (χ2n) is 6.34. The summed E-state index contributed by atoms with van der Waals surface area (Å²) in [6, 6.07) is 0.414. The predicted octanol–water partition coefficient (Wildman–Crippen LogP) is 2.23. The fraction of sp³-hybridized carbons (Fsp3) is 0.786. The van der Waals surface area contributed by atoms with Crippen molar-refractivity contribution in [1.82, 2.24) is 14.7 Å². The van der Waals surface area contributed by atoms with Crippen LogP contribution in [0.3, 0.4) is 0 Å². The van der Waals surface area contributed by atoms with Gasteiger partial charge in [-0.3, -0.25) is 9.58 Å². The summed E-state index contributed by atoms with van der Waals surface area (Å²) < 4.78 is 1.99. The van der Waals surface area contributed by atoms with Crippen LogP contribution in [0.15, 0.2) is 12.4 Å². The lowest BCUT2D eigenvalue weighted by Crippen LogP contribution is -2.36. The first-order valence-electron chi connectivity index (χ1n) is 6.66. The molecule has 0 aliphatic carbocycles. The minimum absolute atomic E-state index is 0.0190. The first kappa shape index (κ1) is 15.2. The molecule has 0 aliphatic rings. The zero-order chi connectivity index (χ0) is 13.9. The van der Waals surface area contributed by atoms with Crippen LogP contribution in [0, 0.1) is 0 Å². The van der Waals surface area contributed by atoms with Crippen LogP contribution in [0.4, 0.5) is 0 Å². The molecule has 1 aromatic rings. The summed E-state index contributed by atoms with van der Waals surface area (Å²) in [5.74, 6) is 0. The van der Waals surface area contributed by atoms with Gasteiger partial charge in [-0.25, -0.2) is 0 Å². The zero-order valence-electron chi connectivity index (χ0n) is 12.5. The highest BCUT2D eigenvalue weighted by Gasteiger charge is 2.17. The molecule has 1 N–H and O–H groups in total. The van der Waals surface area contributed by atoms with E-state index in [1.54, 1.807) is 0 Å². The lowest BCUT2D eigenvalue weighted by molar-refractivity contribution is 0.103. The van der Waals surface area contributed by atoms with Crippen LogP contribution in [0.1, 0.15) is 47.1 Å². The largest absolute Gasteiger partial charge is 0.392 e. The van der Waals surface area contributed by atoms with Gasteiger partial charge in [0.15, 0.2) is 0 Å². The molecule has 1 atom stereocenters. The summed E-state index contributed by atoms with van der Waals surface area (Å²) in [5.41, 5.74) is 1.21. The van der Waals surface area contributed by atoms with Gasteiger partial charge >= 0.3 is 0 Å². The Hall–Kier alpha value is -0.870. The molecule has 4 nitrogen and oxygen atoms in total. The second kappa shape index (κ2) is 5.85. The highest BCUT2D eigenvalue weighted by Crippen LogP contribution is 2.15. The number of hydrogen-bond donors (Lipinski definition) is 1. The molecule has 0 saturated carbocycles. The Morgan fingerprint density at radius 2 is 1.94 bits per heavy atom. The van der Waals surface area contributed by atoms with Crippen LogP contribution in [0.2, 0.25) is 0 Å². The topological polar surface area (TPSA) is 41.3 Å². The van der Waals surface area contributed by atoms with Crippen molar-refractivity contribution in [2.24, 2.45) is 0 Å². The third kappa shape index (κ3) is 4.42. The van der Waals surface area contributed by atoms with E-state index in [0.717, 1.165) is 6.54 Å². The number of hydrogen-bond acceptors (Lipinski definition) is 3. The molecule has 4 heteroatoms. The molecule has 0 aromatic carbocycles. The predicted molar refractivity (Wildman–Crippen MR) is 74.4 cm³/mol. The minimum Gasteiger partial charge on any atom is -0.392 e. The zero-order valence-corrected chi connectivity index (χ0v) is 12.5. The van der Waals surface area contributed by atoms with E-state index in [1.807, 2.05) is 17.8 Å². The molecule has 0 bridgehead atoms. The maximum atomic E-state index is 9.52. The molecule has 0 fully saturated rings. The van der Waals surface area contributed by atoms with E-state index in [2.05, 4.69) is 50.8 Å². The maximum absolute atomic E-state index is 9.52. The van der Waals surface area contributed by atoms with Crippen molar-refractivity contribution in [3.63, 3.8) is 0 Å². The number of rotatable bonds is 5. The van der Waals surface area contributed by atoms with Gasteiger partial charge in [0.1, 0.15) is 0 Å². The van der Waals surface area contributed by atoms with Crippen LogP contribution in [0.25, 0.3) is 0 Å². The van der Waals surface area contributed by atoms with E-state index in [4.69, 9.17) is 0 Å². The molecule has 1 rings (SSSR count). The van der Waals surface area contributed by atoms with Crippen LogP contribution >= 0.6 is 0 Å². The van der Waals surface area contributed by atoms with Gasteiger partial charge in [0.25, 0.3) is 0 Å². The molecular weight excluding hydrogens is 226 g/mol. The quantitative estimate of drug-likeness (QED) is 0.875. The summed E-state index contributed by atoms with van der Waals surface area (Å²) in [6.07, 6.45) is 3.71. The first-order valence-corrected chi connectivity index (χ1v) is 6.66. The Morgan fingerprint density at radius 3 is 2.33 bits per heavy atom. The lowest BCUT2D eigenvalue weighted by Gasteiger charge is -2.27. The second-order valence-corrected chi connectivity index (χ2v) is 6.34. The Kier molecular flexibility index (Phi) is 4.93. The van der Waals surface area contributed by atoms with E-state index < -0.39 is 0 Å². The van der Waals surface area contributed by atoms with Gasteiger partial charge in [0, 0.05) is 30.9 Å². The highest BCUT2D eigenvalue weighted by atomic mass is 16.3. The molecule has 0 spiro atoms. The highest BCUT2D eigenvalue weighted by molar-refractivity contribution is 5.05. The molecule has 0 amide bonds. The summed E-state index contributed by atoms with van der Waals surface area (Å²) >= 11 is 0.